The van der Waals surface area contributed by atoms with Crippen molar-refractivity contribution in [1.29, 1.82) is 0 Å². The number of hydrogen-bond acceptors (Lipinski definition) is 0. The van der Waals surface area contributed by atoms with Crippen LogP contribution in [0.5, 0.6) is 0 Å². The Morgan fingerprint density at radius 2 is 1.21 bits per heavy atom. The molecule has 0 unspecified atom stereocenters. The van der Waals surface area contributed by atoms with Crippen molar-refractivity contribution >= 4 is 66.6 Å². The predicted molar refractivity (Wildman–Crippen MR) is 254 cm³/mol. The summed E-state index contributed by atoms with van der Waals surface area (Å²) in [6.45, 7) is 25.0. The average molecular weight is 916 g/mol. The fourth-order valence-electron chi connectivity index (χ4n) is 8.44. The van der Waals surface area contributed by atoms with Crippen molar-refractivity contribution in [2.45, 2.75) is 112 Å². The van der Waals surface area contributed by atoms with E-state index in [0.29, 0.717) is 5.41 Å². The number of aryl methyl sites for hydroxylation is 2. The molecule has 300 valence electrons. The van der Waals surface area contributed by atoms with E-state index < -0.39 is 22.3 Å². The minimum atomic E-state index is -0.623. The predicted octanol–water partition coefficient (Wildman–Crippen LogP) is 15.2. The number of hydrogen-bond donors (Lipinski definition) is 0. The van der Waals surface area contributed by atoms with Gasteiger partial charge in [-0.05, 0) is 58.4 Å². The maximum absolute atomic E-state index is 5.84. The summed E-state index contributed by atoms with van der Waals surface area (Å²) in [5.41, 5.74) is 21.9. The van der Waals surface area contributed by atoms with Crippen molar-refractivity contribution in [3.63, 3.8) is 0 Å². The van der Waals surface area contributed by atoms with Crippen LogP contribution in [0.1, 0.15) is 137 Å². The molecule has 0 N–H and O–H groups in total. The van der Waals surface area contributed by atoms with Crippen LogP contribution in [0.2, 0.25) is 10.0 Å². The molecule has 3 aliphatic rings. The minimum absolute atomic E-state index is 0. The molecule has 5 aromatic rings. The monoisotopic (exact) mass is 912 g/mol. The molecular formula is C52H58Cl4Zr-2. The first-order valence-corrected chi connectivity index (χ1v) is 23.4. The first kappa shape index (κ1) is 47.2. The van der Waals surface area contributed by atoms with Crippen LogP contribution in [0.25, 0.3) is 22.3 Å². The molecule has 0 fully saturated rings. The molecule has 0 saturated heterocycles. The summed E-state index contributed by atoms with van der Waals surface area (Å²) in [7, 11) is 0. The first-order chi connectivity index (χ1) is 25.9. The number of allylic oxidation sites excluding steroid dienone is 4. The first-order valence-electron chi connectivity index (χ1n) is 19.8. The third kappa shape index (κ3) is 10.6. The third-order valence-electron chi connectivity index (χ3n) is 11.3. The molecule has 0 radical (unpaired) electrons. The van der Waals surface area contributed by atoms with Gasteiger partial charge in [-0.25, -0.2) is 11.6 Å². The molecule has 0 saturated carbocycles. The summed E-state index contributed by atoms with van der Waals surface area (Å²) in [6, 6.07) is 30.5. The van der Waals surface area contributed by atoms with Gasteiger partial charge in [0.15, 0.2) is 0 Å². The Morgan fingerprint density at radius 3 is 1.68 bits per heavy atom. The normalized spacial score (nSPS) is 14.6. The zero-order valence-electron chi connectivity index (χ0n) is 35.5. The fraction of sp³-hybridized carbons (Fsp3) is 0.327. The molecule has 57 heavy (non-hydrogen) atoms. The van der Waals surface area contributed by atoms with E-state index >= 15 is 0 Å². The van der Waals surface area contributed by atoms with Gasteiger partial charge in [0, 0.05) is 5.41 Å². The number of benzene rings is 4. The van der Waals surface area contributed by atoms with Crippen molar-refractivity contribution in [3.05, 3.63) is 168 Å². The van der Waals surface area contributed by atoms with Crippen LogP contribution in [0.15, 0.2) is 91.0 Å². The van der Waals surface area contributed by atoms with Crippen molar-refractivity contribution < 1.29 is 22.3 Å². The number of fused-ring (bicyclic) bond motifs is 5. The summed E-state index contributed by atoms with van der Waals surface area (Å²) in [5.74, 6) is 0. The Balaban J connectivity index is 0.000000198. The summed E-state index contributed by atoms with van der Waals surface area (Å²) in [6.07, 6.45) is 9.45. The second kappa shape index (κ2) is 18.8. The van der Waals surface area contributed by atoms with Crippen LogP contribution in [-0.4, -0.2) is 7.42 Å². The van der Waals surface area contributed by atoms with Gasteiger partial charge in [-0.3, -0.25) is 6.08 Å². The standard InChI is InChI=1S/C25H25.C13H21.2C7H5Cl.2ClH.Zr/c1-14-12-24(3,4)22-8-16-7-17-9-23-19(15(2)13-25(23,5)6)11-21(17)20(16)10-18(14)22;1-6-10-8-11(7-2)12(9-10)13(3,4)5;2*1-6-2-4-7(8)5-3-6;;;/h8-12H,7H2,1-6H3;8-9H,6-7H2,1-5H3;2*1-5H;2*1H;/q2*-1;;;;;. The second-order valence-corrected chi connectivity index (χ2v) is 20.6. The third-order valence-corrected chi connectivity index (χ3v) is 14.3. The molecule has 0 spiro atoms. The van der Waals surface area contributed by atoms with E-state index in [-0.39, 0.29) is 35.6 Å². The SMILES string of the molecule is CC1=[C-]C(C)(C)c2cc3c(cc21)-c1cc2c(cc1C3)C(C)(C)C=C2C.CCc1cc(C(C)(C)C)c(CC)[cH-]1.Cl.Cl.Clc1ccc([CH]=[Zr]=[CH]c2ccc(Cl)cc2)cc1. The summed E-state index contributed by atoms with van der Waals surface area (Å²) < 4.78 is 4.66. The number of rotatable bonds is 4. The van der Waals surface area contributed by atoms with Crippen LogP contribution < -0.4 is 0 Å². The Hall–Kier alpha value is -2.51. The molecule has 5 aromatic carbocycles. The van der Waals surface area contributed by atoms with Crippen molar-refractivity contribution in [2.75, 3.05) is 0 Å². The molecule has 0 amide bonds. The molecule has 0 nitrogen and oxygen atoms in total. The van der Waals surface area contributed by atoms with Gasteiger partial charge in [-0.1, -0.05) is 111 Å². The Kier molecular flexibility index (Phi) is 15.6. The zero-order chi connectivity index (χ0) is 39.9. The molecule has 0 bridgehead atoms. The van der Waals surface area contributed by atoms with Crippen molar-refractivity contribution in [3.8, 4) is 11.1 Å². The van der Waals surface area contributed by atoms with E-state index in [2.05, 4.69) is 156 Å². The topological polar surface area (TPSA) is 0 Å². The van der Waals surface area contributed by atoms with Gasteiger partial charge in [0.2, 0.25) is 0 Å². The molecule has 3 aliphatic carbocycles. The molecule has 0 atom stereocenters. The van der Waals surface area contributed by atoms with Gasteiger partial charge < -0.3 is 0 Å². The van der Waals surface area contributed by atoms with Gasteiger partial charge in [0.1, 0.15) is 0 Å². The molecule has 8 rings (SSSR count). The van der Waals surface area contributed by atoms with Gasteiger partial charge in [0.05, 0.1) is 0 Å². The van der Waals surface area contributed by atoms with Crippen LogP contribution in [-0.2, 0) is 57.8 Å². The summed E-state index contributed by atoms with van der Waals surface area (Å²) in [5, 5.41) is 1.57. The average Bonchev–Trinajstić information content (AvgIpc) is 3.84. The zero-order valence-corrected chi connectivity index (χ0v) is 41.1. The van der Waals surface area contributed by atoms with E-state index in [1.54, 1.807) is 0 Å². The molecule has 0 aliphatic heterocycles. The Morgan fingerprint density at radius 1 is 0.702 bits per heavy atom. The number of halogens is 4. The molecular weight excluding hydrogens is 858 g/mol. The Labute approximate surface area is 376 Å². The van der Waals surface area contributed by atoms with Crippen LogP contribution >= 0.6 is 48.0 Å². The summed E-state index contributed by atoms with van der Waals surface area (Å²) in [4.78, 5) is 0. The van der Waals surface area contributed by atoms with Gasteiger partial charge in [-0.15, -0.1) is 36.4 Å². The van der Waals surface area contributed by atoms with E-state index in [9.17, 15) is 0 Å². The quantitative estimate of drug-likeness (QED) is 0.155. The van der Waals surface area contributed by atoms with Crippen molar-refractivity contribution in [1.82, 2.24) is 0 Å². The van der Waals surface area contributed by atoms with E-state index in [1.807, 2.05) is 24.3 Å². The second-order valence-electron chi connectivity index (χ2n) is 17.5. The van der Waals surface area contributed by atoms with Gasteiger partial charge >= 0.3 is 123 Å². The van der Waals surface area contributed by atoms with Crippen LogP contribution in [0.4, 0.5) is 0 Å². The molecule has 0 aromatic heterocycles. The van der Waals surface area contributed by atoms with E-state index in [4.69, 9.17) is 23.2 Å². The van der Waals surface area contributed by atoms with Gasteiger partial charge in [-0.2, -0.15) is 28.3 Å². The molecule has 0 heterocycles. The van der Waals surface area contributed by atoms with E-state index in [0.717, 1.165) is 29.3 Å². The van der Waals surface area contributed by atoms with Crippen molar-refractivity contribution in [2.24, 2.45) is 0 Å². The fourth-order valence-corrected chi connectivity index (χ4v) is 10.8. The van der Waals surface area contributed by atoms with Crippen LogP contribution in [0.3, 0.4) is 0 Å². The maximum atomic E-state index is 5.84. The summed E-state index contributed by atoms with van der Waals surface area (Å²) >= 11 is 11.0. The van der Waals surface area contributed by atoms with Crippen LogP contribution in [0, 0.1) is 6.08 Å². The molecule has 5 heteroatoms. The Bertz CT molecular complexity index is 2220. The van der Waals surface area contributed by atoms with Gasteiger partial charge in [0.25, 0.3) is 0 Å². The van der Waals surface area contributed by atoms with E-state index in [1.165, 1.54) is 83.5 Å².